The Hall–Kier alpha value is -1.84. The van der Waals surface area contributed by atoms with Crippen molar-refractivity contribution < 1.29 is 9.34 Å². The molecule has 77 valence electrons. The Morgan fingerprint density at radius 3 is 2.87 bits per heavy atom. The fourth-order valence-corrected chi connectivity index (χ4v) is 1.66. The SMILES string of the molecule is [CH2]Cc1cc2cc([N+](=O)[O-])coc-2c1C. The highest BCUT2D eigenvalue weighted by Crippen LogP contribution is 2.34. The Morgan fingerprint density at radius 2 is 2.27 bits per heavy atom. The second-order valence-corrected chi connectivity index (χ2v) is 3.39. The Morgan fingerprint density at radius 1 is 1.53 bits per heavy atom. The number of fused-ring (bicyclic) bond motifs is 1. The molecular formula is C11H10NO3. The van der Waals surface area contributed by atoms with E-state index in [9.17, 15) is 10.1 Å². The molecule has 0 saturated heterocycles. The molecule has 0 aromatic carbocycles. The van der Waals surface area contributed by atoms with Gasteiger partial charge in [-0.2, -0.15) is 0 Å². The molecule has 4 heteroatoms. The van der Waals surface area contributed by atoms with Crippen LogP contribution in [0.1, 0.15) is 11.1 Å². The lowest BCUT2D eigenvalue weighted by atomic mass is 10.2. The lowest BCUT2D eigenvalue weighted by Crippen LogP contribution is -1.88. The summed E-state index contributed by atoms with van der Waals surface area (Å²) in [5, 5.41) is 10.5. The maximum Gasteiger partial charge on any atom is 0.304 e. The molecule has 0 atom stereocenters. The summed E-state index contributed by atoms with van der Waals surface area (Å²) in [7, 11) is 0. The summed E-state index contributed by atoms with van der Waals surface area (Å²) in [4.78, 5) is 10.1. The van der Waals surface area contributed by atoms with E-state index in [0.29, 0.717) is 12.2 Å². The topological polar surface area (TPSA) is 56.3 Å². The zero-order valence-corrected chi connectivity index (χ0v) is 8.32. The smallest absolute Gasteiger partial charge is 0.304 e. The van der Waals surface area contributed by atoms with E-state index in [-0.39, 0.29) is 5.69 Å². The van der Waals surface area contributed by atoms with Crippen molar-refractivity contribution in [1.82, 2.24) is 0 Å². The van der Waals surface area contributed by atoms with Gasteiger partial charge in [-0.3, -0.25) is 10.1 Å². The molecule has 0 aromatic heterocycles. The molecule has 0 spiro atoms. The van der Waals surface area contributed by atoms with Crippen molar-refractivity contribution in [2.45, 2.75) is 13.3 Å². The zero-order valence-electron chi connectivity index (χ0n) is 8.32. The normalized spacial score (nSPS) is 10.8. The summed E-state index contributed by atoms with van der Waals surface area (Å²) in [6.07, 6.45) is 1.83. The van der Waals surface area contributed by atoms with Crippen LogP contribution in [0.15, 0.2) is 22.8 Å². The van der Waals surface area contributed by atoms with Crippen LogP contribution >= 0.6 is 0 Å². The van der Waals surface area contributed by atoms with Crippen LogP contribution in [0.5, 0.6) is 0 Å². The quantitative estimate of drug-likeness (QED) is 0.558. The summed E-state index contributed by atoms with van der Waals surface area (Å²) in [5.41, 5.74) is 2.81. The molecule has 2 rings (SSSR count). The molecule has 0 saturated carbocycles. The first-order chi connectivity index (χ1) is 7.13. The maximum absolute atomic E-state index is 10.5. The minimum atomic E-state index is -0.463. The molecule has 0 bridgehead atoms. The Labute approximate surface area is 87.0 Å². The van der Waals surface area contributed by atoms with Crippen LogP contribution in [-0.2, 0) is 6.42 Å². The van der Waals surface area contributed by atoms with E-state index in [4.69, 9.17) is 4.42 Å². The molecule has 0 aromatic rings. The average molecular weight is 204 g/mol. The van der Waals surface area contributed by atoms with Gasteiger partial charge in [-0.1, -0.05) is 0 Å². The fourth-order valence-electron chi connectivity index (χ4n) is 1.66. The zero-order chi connectivity index (χ0) is 11.0. The lowest BCUT2D eigenvalue weighted by molar-refractivity contribution is -0.385. The molecule has 1 aliphatic carbocycles. The molecule has 1 aliphatic heterocycles. The van der Waals surface area contributed by atoms with Gasteiger partial charge in [0, 0.05) is 11.6 Å². The van der Waals surface area contributed by atoms with Crippen LogP contribution in [0.25, 0.3) is 11.3 Å². The molecule has 4 nitrogen and oxygen atoms in total. The minimum absolute atomic E-state index is 0.0249. The Bertz CT molecular complexity index is 487. The van der Waals surface area contributed by atoms with E-state index >= 15 is 0 Å². The third kappa shape index (κ3) is 1.48. The van der Waals surface area contributed by atoms with Gasteiger partial charge in [0.15, 0.2) is 6.26 Å². The van der Waals surface area contributed by atoms with Gasteiger partial charge in [0.2, 0.25) is 0 Å². The van der Waals surface area contributed by atoms with Gasteiger partial charge in [0.05, 0.1) is 4.92 Å². The highest BCUT2D eigenvalue weighted by molar-refractivity contribution is 5.70. The predicted molar refractivity (Wildman–Crippen MR) is 55.8 cm³/mol. The van der Waals surface area contributed by atoms with Crippen LogP contribution in [0.4, 0.5) is 5.69 Å². The Kier molecular flexibility index (Phi) is 2.19. The molecule has 0 N–H and O–H groups in total. The van der Waals surface area contributed by atoms with Crippen LogP contribution < -0.4 is 0 Å². The van der Waals surface area contributed by atoms with Crippen LogP contribution in [0.2, 0.25) is 0 Å². The van der Waals surface area contributed by atoms with Crippen LogP contribution in [-0.4, -0.2) is 4.92 Å². The van der Waals surface area contributed by atoms with Gasteiger partial charge < -0.3 is 4.42 Å². The first kappa shape index (κ1) is 9.71. The fraction of sp³-hybridized carbons (Fsp3) is 0.182. The van der Waals surface area contributed by atoms with Crippen molar-refractivity contribution in [2.75, 3.05) is 0 Å². The van der Waals surface area contributed by atoms with Crippen molar-refractivity contribution in [3.8, 4) is 11.3 Å². The highest BCUT2D eigenvalue weighted by atomic mass is 16.6. The van der Waals surface area contributed by atoms with E-state index in [2.05, 4.69) is 6.92 Å². The number of hydrogen-bond donors (Lipinski definition) is 0. The summed E-state index contributed by atoms with van der Waals surface area (Å²) in [6.45, 7) is 5.72. The van der Waals surface area contributed by atoms with Crippen molar-refractivity contribution in [3.05, 3.63) is 46.6 Å². The van der Waals surface area contributed by atoms with Gasteiger partial charge in [-0.05, 0) is 37.5 Å². The Balaban J connectivity index is 2.63. The van der Waals surface area contributed by atoms with Crippen molar-refractivity contribution in [1.29, 1.82) is 0 Å². The number of hydrogen-bond acceptors (Lipinski definition) is 3. The monoisotopic (exact) mass is 204 g/mol. The molecule has 15 heavy (non-hydrogen) atoms. The molecule has 0 fully saturated rings. The van der Waals surface area contributed by atoms with E-state index in [1.807, 2.05) is 13.0 Å². The van der Waals surface area contributed by atoms with Gasteiger partial charge in [-0.25, -0.2) is 0 Å². The number of nitro groups is 1. The van der Waals surface area contributed by atoms with Crippen LogP contribution in [0.3, 0.4) is 0 Å². The minimum Gasteiger partial charge on any atom is -0.457 e. The summed E-state index contributed by atoms with van der Waals surface area (Å²) in [5.74, 6) is 0.708. The predicted octanol–water partition coefficient (Wildman–Crippen LogP) is 2.98. The number of rotatable bonds is 2. The van der Waals surface area contributed by atoms with E-state index in [1.54, 1.807) is 0 Å². The van der Waals surface area contributed by atoms with Gasteiger partial charge in [-0.15, -0.1) is 0 Å². The summed E-state index contributed by atoms with van der Waals surface area (Å²) < 4.78 is 5.25. The highest BCUT2D eigenvalue weighted by Gasteiger charge is 2.18. The molecule has 0 amide bonds. The van der Waals surface area contributed by atoms with E-state index < -0.39 is 4.92 Å². The van der Waals surface area contributed by atoms with Crippen molar-refractivity contribution >= 4 is 5.69 Å². The van der Waals surface area contributed by atoms with Crippen molar-refractivity contribution in [3.63, 3.8) is 0 Å². The molecule has 1 heterocycles. The van der Waals surface area contributed by atoms with E-state index in [0.717, 1.165) is 16.7 Å². The van der Waals surface area contributed by atoms with Gasteiger partial charge in [0.1, 0.15) is 5.76 Å². The number of nitrogens with zero attached hydrogens (tertiary/aromatic N) is 1. The average Bonchev–Trinajstić information content (AvgIpc) is 2.55. The largest absolute Gasteiger partial charge is 0.457 e. The summed E-state index contributed by atoms with van der Waals surface area (Å²) in [6, 6.07) is 3.40. The second-order valence-electron chi connectivity index (χ2n) is 3.39. The second kappa shape index (κ2) is 3.38. The first-order valence-electron chi connectivity index (χ1n) is 4.58. The van der Waals surface area contributed by atoms with Crippen LogP contribution in [0, 0.1) is 24.0 Å². The van der Waals surface area contributed by atoms with Crippen molar-refractivity contribution in [2.24, 2.45) is 0 Å². The third-order valence-electron chi connectivity index (χ3n) is 2.50. The molecular weight excluding hydrogens is 194 g/mol. The molecule has 2 aliphatic rings. The standard InChI is InChI=1S/C11H10NO3/c1-3-8-4-9-5-10(12(13)14)6-15-11(9)7(8)2/h4-6H,1,3H2,2H3. The van der Waals surface area contributed by atoms with Gasteiger partial charge in [0.25, 0.3) is 0 Å². The van der Waals surface area contributed by atoms with E-state index in [1.165, 1.54) is 12.3 Å². The third-order valence-corrected chi connectivity index (χ3v) is 2.50. The molecule has 0 unspecified atom stereocenters. The lowest BCUT2D eigenvalue weighted by Gasteiger charge is -1.98. The van der Waals surface area contributed by atoms with Gasteiger partial charge >= 0.3 is 5.69 Å². The molecule has 1 radical (unpaired) electrons. The maximum atomic E-state index is 10.5. The summed E-state index contributed by atoms with van der Waals surface area (Å²) >= 11 is 0. The first-order valence-corrected chi connectivity index (χ1v) is 4.58.